The molecule has 0 spiro atoms. The molecular formula is C25H25N3O3. The molecule has 0 aliphatic rings. The molecule has 0 aliphatic carbocycles. The number of fused-ring (bicyclic) bond motifs is 1. The van der Waals surface area contributed by atoms with E-state index in [1.807, 2.05) is 36.5 Å². The fourth-order valence-corrected chi connectivity index (χ4v) is 3.76. The third kappa shape index (κ3) is 4.48. The monoisotopic (exact) mass is 415 g/mol. The van der Waals surface area contributed by atoms with Gasteiger partial charge in [0, 0.05) is 41.3 Å². The number of carbonyl (C=O) groups is 1. The number of rotatable bonds is 7. The molecule has 0 unspecified atom stereocenters. The van der Waals surface area contributed by atoms with E-state index in [1.165, 1.54) is 0 Å². The molecule has 1 heterocycles. The van der Waals surface area contributed by atoms with Gasteiger partial charge in [0.1, 0.15) is 0 Å². The van der Waals surface area contributed by atoms with E-state index in [9.17, 15) is 4.79 Å². The maximum Gasteiger partial charge on any atom is 0.319 e. The van der Waals surface area contributed by atoms with Crippen LogP contribution in [0.3, 0.4) is 0 Å². The summed E-state index contributed by atoms with van der Waals surface area (Å²) in [6.07, 6.45) is 2.02. The van der Waals surface area contributed by atoms with E-state index < -0.39 is 0 Å². The number of amides is 2. The Morgan fingerprint density at radius 1 is 0.935 bits per heavy atom. The minimum Gasteiger partial charge on any atom is -0.493 e. The van der Waals surface area contributed by atoms with Crippen LogP contribution in [-0.4, -0.2) is 31.8 Å². The van der Waals surface area contributed by atoms with Gasteiger partial charge in [0.2, 0.25) is 0 Å². The van der Waals surface area contributed by atoms with Gasteiger partial charge in [-0.3, -0.25) is 0 Å². The molecule has 0 bridgehead atoms. The standard InChI is InChI=1S/C25H25N3O3/c1-30-23-13-12-18(14-24(23)31-2)28-25(29)27-15-20(17-8-4-3-5-9-17)21-16-26-22-11-7-6-10-19(21)22/h3-14,16,20,26H,15H2,1-2H3,(H2,27,28,29)/t20-/m1/s1. The number of aromatic nitrogens is 1. The molecule has 2 amide bonds. The Hall–Kier alpha value is -3.93. The topological polar surface area (TPSA) is 75.4 Å². The van der Waals surface area contributed by atoms with Gasteiger partial charge >= 0.3 is 6.03 Å². The summed E-state index contributed by atoms with van der Waals surface area (Å²) in [7, 11) is 3.14. The maximum absolute atomic E-state index is 12.6. The fourth-order valence-electron chi connectivity index (χ4n) is 3.76. The third-order valence-corrected chi connectivity index (χ3v) is 5.31. The summed E-state index contributed by atoms with van der Waals surface area (Å²) in [5, 5.41) is 7.03. The van der Waals surface area contributed by atoms with E-state index in [0.29, 0.717) is 23.7 Å². The van der Waals surface area contributed by atoms with Crippen LogP contribution in [0, 0.1) is 0 Å². The molecule has 1 atom stereocenters. The van der Waals surface area contributed by atoms with Gasteiger partial charge in [-0.15, -0.1) is 0 Å². The molecule has 0 saturated heterocycles. The van der Waals surface area contributed by atoms with Crippen LogP contribution in [0.5, 0.6) is 11.5 Å². The highest BCUT2D eigenvalue weighted by molar-refractivity contribution is 5.90. The lowest BCUT2D eigenvalue weighted by molar-refractivity contribution is 0.252. The quantitative estimate of drug-likeness (QED) is 0.391. The zero-order valence-electron chi connectivity index (χ0n) is 17.5. The normalized spacial score (nSPS) is 11.7. The van der Waals surface area contributed by atoms with Crippen molar-refractivity contribution in [2.75, 3.05) is 26.1 Å². The third-order valence-electron chi connectivity index (χ3n) is 5.31. The molecule has 3 aromatic carbocycles. The zero-order chi connectivity index (χ0) is 21.6. The lowest BCUT2D eigenvalue weighted by atomic mass is 9.91. The van der Waals surface area contributed by atoms with Gasteiger partial charge in [-0.1, -0.05) is 48.5 Å². The first-order valence-corrected chi connectivity index (χ1v) is 10.1. The van der Waals surface area contributed by atoms with Gasteiger partial charge in [0.15, 0.2) is 11.5 Å². The predicted octanol–water partition coefficient (Wildman–Crippen LogP) is 5.14. The van der Waals surface area contributed by atoms with Crippen LogP contribution in [0.15, 0.2) is 79.0 Å². The second kappa shape index (κ2) is 9.26. The van der Waals surface area contributed by atoms with E-state index in [4.69, 9.17) is 9.47 Å². The Bertz CT molecular complexity index is 1170. The molecule has 4 aromatic rings. The van der Waals surface area contributed by atoms with Crippen molar-refractivity contribution in [1.29, 1.82) is 0 Å². The van der Waals surface area contributed by atoms with Crippen molar-refractivity contribution in [1.82, 2.24) is 10.3 Å². The Labute approximate surface area is 181 Å². The number of hydrogen-bond acceptors (Lipinski definition) is 3. The van der Waals surface area contributed by atoms with Gasteiger partial charge < -0.3 is 25.1 Å². The van der Waals surface area contributed by atoms with Crippen LogP contribution >= 0.6 is 0 Å². The Kier molecular flexibility index (Phi) is 6.08. The molecule has 3 N–H and O–H groups in total. The number of methoxy groups -OCH3 is 2. The van der Waals surface area contributed by atoms with Gasteiger partial charge in [-0.2, -0.15) is 0 Å². The number of benzene rings is 3. The Morgan fingerprint density at radius 2 is 1.68 bits per heavy atom. The summed E-state index contributed by atoms with van der Waals surface area (Å²) >= 11 is 0. The number of anilines is 1. The van der Waals surface area contributed by atoms with Crippen molar-refractivity contribution in [3.8, 4) is 11.5 Å². The fraction of sp³-hybridized carbons (Fsp3) is 0.160. The molecule has 0 fully saturated rings. The number of hydrogen-bond donors (Lipinski definition) is 3. The van der Waals surface area contributed by atoms with E-state index in [2.05, 4.69) is 39.9 Å². The minimum atomic E-state index is -0.284. The molecule has 0 aliphatic heterocycles. The Morgan fingerprint density at radius 3 is 2.45 bits per heavy atom. The molecule has 31 heavy (non-hydrogen) atoms. The van der Waals surface area contributed by atoms with Crippen LogP contribution in [0.4, 0.5) is 10.5 Å². The number of urea groups is 1. The van der Waals surface area contributed by atoms with Gasteiger partial charge in [0.05, 0.1) is 14.2 Å². The average molecular weight is 415 g/mol. The van der Waals surface area contributed by atoms with Crippen LogP contribution in [0.25, 0.3) is 10.9 Å². The van der Waals surface area contributed by atoms with Gasteiger partial charge in [-0.25, -0.2) is 4.79 Å². The molecular weight excluding hydrogens is 390 g/mol. The van der Waals surface area contributed by atoms with E-state index in [0.717, 1.165) is 22.0 Å². The SMILES string of the molecule is COc1ccc(NC(=O)NC[C@H](c2ccccc2)c2c[nH]c3ccccc23)cc1OC. The van der Waals surface area contributed by atoms with Crippen molar-refractivity contribution in [3.63, 3.8) is 0 Å². The van der Waals surface area contributed by atoms with Crippen LogP contribution in [0.1, 0.15) is 17.0 Å². The lowest BCUT2D eigenvalue weighted by Gasteiger charge is -2.19. The molecule has 6 heteroatoms. The highest BCUT2D eigenvalue weighted by atomic mass is 16.5. The summed E-state index contributed by atoms with van der Waals surface area (Å²) < 4.78 is 10.5. The van der Waals surface area contributed by atoms with Crippen LogP contribution in [-0.2, 0) is 0 Å². The number of ether oxygens (including phenoxy) is 2. The number of H-pyrrole nitrogens is 1. The smallest absolute Gasteiger partial charge is 0.319 e. The minimum absolute atomic E-state index is 0.00787. The second-order valence-electron chi connectivity index (χ2n) is 7.16. The van der Waals surface area contributed by atoms with Gasteiger partial charge in [0.25, 0.3) is 0 Å². The number of aromatic amines is 1. The first-order valence-electron chi connectivity index (χ1n) is 10.1. The average Bonchev–Trinajstić information content (AvgIpc) is 3.24. The molecule has 4 rings (SSSR count). The zero-order valence-corrected chi connectivity index (χ0v) is 17.5. The molecule has 1 aromatic heterocycles. The first-order chi connectivity index (χ1) is 15.2. The van der Waals surface area contributed by atoms with Crippen molar-refractivity contribution in [2.45, 2.75) is 5.92 Å². The van der Waals surface area contributed by atoms with E-state index in [-0.39, 0.29) is 11.9 Å². The van der Waals surface area contributed by atoms with Crippen LogP contribution < -0.4 is 20.1 Å². The number of para-hydroxylation sites is 1. The number of carbonyl (C=O) groups excluding carboxylic acids is 1. The molecule has 6 nitrogen and oxygen atoms in total. The van der Waals surface area contributed by atoms with Crippen molar-refractivity contribution in [2.24, 2.45) is 0 Å². The maximum atomic E-state index is 12.6. The Balaban J connectivity index is 1.52. The molecule has 158 valence electrons. The summed E-state index contributed by atoms with van der Waals surface area (Å²) in [5.74, 6) is 1.17. The largest absolute Gasteiger partial charge is 0.493 e. The molecule has 0 radical (unpaired) electrons. The summed E-state index contributed by atoms with van der Waals surface area (Å²) in [5.41, 5.74) is 3.98. The lowest BCUT2D eigenvalue weighted by Crippen LogP contribution is -2.32. The highest BCUT2D eigenvalue weighted by Gasteiger charge is 2.19. The van der Waals surface area contributed by atoms with Crippen LogP contribution in [0.2, 0.25) is 0 Å². The summed E-state index contributed by atoms with van der Waals surface area (Å²) in [6.45, 7) is 0.449. The van der Waals surface area contributed by atoms with Crippen molar-refractivity contribution < 1.29 is 14.3 Å². The summed E-state index contributed by atoms with van der Waals surface area (Å²) in [4.78, 5) is 16.0. The summed E-state index contributed by atoms with van der Waals surface area (Å²) in [6, 6.07) is 23.4. The highest BCUT2D eigenvalue weighted by Crippen LogP contribution is 2.31. The molecule has 0 saturated carbocycles. The first kappa shape index (κ1) is 20.3. The van der Waals surface area contributed by atoms with Crippen molar-refractivity contribution in [3.05, 3.63) is 90.1 Å². The number of nitrogens with one attached hydrogen (secondary N) is 3. The predicted molar refractivity (Wildman–Crippen MR) is 123 cm³/mol. The van der Waals surface area contributed by atoms with E-state index in [1.54, 1.807) is 32.4 Å². The van der Waals surface area contributed by atoms with E-state index >= 15 is 0 Å². The second-order valence-corrected chi connectivity index (χ2v) is 7.16. The van der Waals surface area contributed by atoms with Crippen molar-refractivity contribution >= 4 is 22.6 Å². The van der Waals surface area contributed by atoms with Gasteiger partial charge in [-0.05, 0) is 29.3 Å².